The van der Waals surface area contributed by atoms with Gasteiger partial charge in [-0.2, -0.15) is 0 Å². The molecule has 0 bridgehead atoms. The number of anilines is 1. The van der Waals surface area contributed by atoms with E-state index < -0.39 is 9.84 Å². The molecule has 100 valence electrons. The summed E-state index contributed by atoms with van der Waals surface area (Å²) in [6.45, 7) is 0. The molecule has 0 atom stereocenters. The van der Waals surface area contributed by atoms with Gasteiger partial charge in [0.2, 0.25) is 0 Å². The maximum absolute atomic E-state index is 11.3. The van der Waals surface area contributed by atoms with Crippen LogP contribution in [-0.4, -0.2) is 24.6 Å². The largest absolute Gasteiger partial charge is 0.308 e. The van der Waals surface area contributed by atoms with Crippen LogP contribution in [0.1, 0.15) is 43.1 Å². The summed E-state index contributed by atoms with van der Waals surface area (Å²) in [6, 6.07) is 1.81. The summed E-state index contributed by atoms with van der Waals surface area (Å²) in [5.74, 6) is 6.40. The van der Waals surface area contributed by atoms with Gasteiger partial charge in [0.1, 0.15) is 17.4 Å². The molecule has 0 saturated heterocycles. The highest BCUT2D eigenvalue weighted by atomic mass is 32.2. The molecule has 1 heterocycles. The molecule has 7 heteroatoms. The molecule has 0 radical (unpaired) electrons. The number of hydrogen-bond acceptors (Lipinski definition) is 6. The van der Waals surface area contributed by atoms with Crippen molar-refractivity contribution in [1.29, 1.82) is 0 Å². The maximum Gasteiger partial charge on any atom is 0.154 e. The second-order valence-electron chi connectivity index (χ2n) is 4.79. The van der Waals surface area contributed by atoms with E-state index in [-0.39, 0.29) is 5.75 Å². The van der Waals surface area contributed by atoms with Gasteiger partial charge in [-0.1, -0.05) is 12.8 Å². The van der Waals surface area contributed by atoms with Gasteiger partial charge in [0, 0.05) is 23.9 Å². The standard InChI is InChI=1S/C11H18N4O2S/c1-18(16,17)7-11-13-9(6-10(14-11)15-12)8-4-2-3-5-8/h6,8H,2-5,7,12H2,1H3,(H,13,14,15). The number of nitrogens with one attached hydrogen (secondary N) is 1. The number of hydrazine groups is 1. The van der Waals surface area contributed by atoms with Crippen molar-refractivity contribution in [3.63, 3.8) is 0 Å². The van der Waals surface area contributed by atoms with Crippen molar-refractivity contribution in [2.45, 2.75) is 37.4 Å². The first-order valence-electron chi connectivity index (χ1n) is 6.00. The lowest BCUT2D eigenvalue weighted by Gasteiger charge is -2.11. The monoisotopic (exact) mass is 270 g/mol. The molecule has 1 fully saturated rings. The van der Waals surface area contributed by atoms with Crippen LogP contribution in [0, 0.1) is 0 Å². The normalized spacial score (nSPS) is 17.0. The molecule has 0 unspecified atom stereocenters. The van der Waals surface area contributed by atoms with E-state index in [1.54, 1.807) is 0 Å². The summed E-state index contributed by atoms with van der Waals surface area (Å²) >= 11 is 0. The second-order valence-corrected chi connectivity index (χ2v) is 6.93. The van der Waals surface area contributed by atoms with Crippen LogP contribution in [0.15, 0.2) is 6.07 Å². The van der Waals surface area contributed by atoms with Crippen molar-refractivity contribution in [1.82, 2.24) is 9.97 Å². The van der Waals surface area contributed by atoms with Crippen LogP contribution in [0.3, 0.4) is 0 Å². The predicted molar refractivity (Wildman–Crippen MR) is 69.6 cm³/mol. The van der Waals surface area contributed by atoms with E-state index in [1.165, 1.54) is 19.1 Å². The highest BCUT2D eigenvalue weighted by Gasteiger charge is 2.20. The molecule has 0 aromatic carbocycles. The lowest BCUT2D eigenvalue weighted by molar-refractivity contribution is 0.599. The van der Waals surface area contributed by atoms with Crippen molar-refractivity contribution in [3.8, 4) is 0 Å². The van der Waals surface area contributed by atoms with Gasteiger partial charge in [0.05, 0.1) is 0 Å². The van der Waals surface area contributed by atoms with Gasteiger partial charge in [-0.15, -0.1) is 0 Å². The third-order valence-corrected chi connectivity index (χ3v) is 3.89. The van der Waals surface area contributed by atoms with Gasteiger partial charge >= 0.3 is 0 Å². The number of nitrogen functional groups attached to an aromatic ring is 1. The van der Waals surface area contributed by atoms with Gasteiger partial charge in [0.25, 0.3) is 0 Å². The van der Waals surface area contributed by atoms with Gasteiger partial charge in [-0.3, -0.25) is 0 Å². The Bertz CT molecular complexity index is 524. The summed E-state index contributed by atoms with van der Waals surface area (Å²) in [5.41, 5.74) is 3.37. The number of hydrogen-bond donors (Lipinski definition) is 2. The molecule has 0 aliphatic heterocycles. The zero-order valence-electron chi connectivity index (χ0n) is 10.4. The minimum absolute atomic E-state index is 0.151. The molecule has 3 N–H and O–H groups in total. The topological polar surface area (TPSA) is 98.0 Å². The molecule has 2 rings (SSSR count). The van der Waals surface area contributed by atoms with E-state index in [4.69, 9.17) is 5.84 Å². The average molecular weight is 270 g/mol. The summed E-state index contributed by atoms with van der Waals surface area (Å²) in [4.78, 5) is 8.45. The molecular formula is C11H18N4O2S. The first kappa shape index (κ1) is 13.2. The van der Waals surface area contributed by atoms with Crippen molar-refractivity contribution < 1.29 is 8.42 Å². The predicted octanol–water partition coefficient (Wildman–Crippen LogP) is 0.964. The van der Waals surface area contributed by atoms with E-state index in [0.717, 1.165) is 18.5 Å². The maximum atomic E-state index is 11.3. The number of aromatic nitrogens is 2. The summed E-state index contributed by atoms with van der Waals surface area (Å²) in [6.07, 6.45) is 5.76. The first-order chi connectivity index (χ1) is 8.48. The van der Waals surface area contributed by atoms with E-state index in [9.17, 15) is 8.42 Å². The number of rotatable bonds is 4. The van der Waals surface area contributed by atoms with Crippen LogP contribution >= 0.6 is 0 Å². The van der Waals surface area contributed by atoms with Gasteiger partial charge in [-0.25, -0.2) is 24.2 Å². The molecule has 6 nitrogen and oxygen atoms in total. The zero-order valence-corrected chi connectivity index (χ0v) is 11.2. The third kappa shape index (κ3) is 3.39. The van der Waals surface area contributed by atoms with Crippen LogP contribution in [0.5, 0.6) is 0 Å². The van der Waals surface area contributed by atoms with Crippen molar-refractivity contribution in [2.75, 3.05) is 11.7 Å². The average Bonchev–Trinajstić information content (AvgIpc) is 2.79. The third-order valence-electron chi connectivity index (χ3n) is 3.10. The van der Waals surface area contributed by atoms with Gasteiger partial charge in [0.15, 0.2) is 9.84 Å². The minimum Gasteiger partial charge on any atom is -0.308 e. The quantitative estimate of drug-likeness (QED) is 0.625. The Kier molecular flexibility index (Phi) is 3.82. The van der Waals surface area contributed by atoms with Crippen molar-refractivity contribution >= 4 is 15.7 Å². The number of sulfone groups is 1. The molecule has 1 aromatic heterocycles. The Morgan fingerprint density at radius 2 is 2.06 bits per heavy atom. The Balaban J connectivity index is 2.32. The van der Waals surface area contributed by atoms with Crippen LogP contribution in [-0.2, 0) is 15.6 Å². The molecule has 0 amide bonds. The molecule has 1 saturated carbocycles. The SMILES string of the molecule is CS(=O)(=O)Cc1nc(NN)cc(C2CCCC2)n1. The van der Waals surface area contributed by atoms with Crippen LogP contribution in [0.4, 0.5) is 5.82 Å². The molecule has 1 aliphatic carbocycles. The summed E-state index contributed by atoms with van der Waals surface area (Å²) in [5, 5.41) is 0. The second kappa shape index (κ2) is 5.19. The van der Waals surface area contributed by atoms with Crippen LogP contribution < -0.4 is 11.3 Å². The highest BCUT2D eigenvalue weighted by molar-refractivity contribution is 7.89. The van der Waals surface area contributed by atoms with E-state index in [1.807, 2.05) is 6.07 Å². The molecule has 18 heavy (non-hydrogen) atoms. The van der Waals surface area contributed by atoms with Crippen molar-refractivity contribution in [2.24, 2.45) is 5.84 Å². The fourth-order valence-corrected chi connectivity index (χ4v) is 2.92. The van der Waals surface area contributed by atoms with Gasteiger partial charge in [-0.05, 0) is 12.8 Å². The molecular weight excluding hydrogens is 252 g/mol. The fraction of sp³-hybridized carbons (Fsp3) is 0.636. The van der Waals surface area contributed by atoms with Crippen LogP contribution in [0.2, 0.25) is 0 Å². The molecule has 1 aromatic rings. The Hall–Kier alpha value is -1.21. The molecule has 0 spiro atoms. The smallest absolute Gasteiger partial charge is 0.154 e. The first-order valence-corrected chi connectivity index (χ1v) is 8.06. The number of nitrogens with two attached hydrogens (primary N) is 1. The van der Waals surface area contributed by atoms with E-state index in [2.05, 4.69) is 15.4 Å². The van der Waals surface area contributed by atoms with Crippen molar-refractivity contribution in [3.05, 3.63) is 17.6 Å². The van der Waals surface area contributed by atoms with Gasteiger partial charge < -0.3 is 5.43 Å². The fourth-order valence-electron chi connectivity index (χ4n) is 2.32. The highest BCUT2D eigenvalue weighted by Crippen LogP contribution is 2.33. The van der Waals surface area contributed by atoms with E-state index in [0.29, 0.717) is 17.6 Å². The summed E-state index contributed by atoms with van der Waals surface area (Å²) in [7, 11) is -3.14. The molecule has 1 aliphatic rings. The van der Waals surface area contributed by atoms with E-state index >= 15 is 0 Å². The Labute approximate surface area is 107 Å². The number of nitrogens with zero attached hydrogens (tertiary/aromatic N) is 2. The summed E-state index contributed by atoms with van der Waals surface area (Å²) < 4.78 is 22.6. The van der Waals surface area contributed by atoms with Crippen LogP contribution in [0.25, 0.3) is 0 Å². The lowest BCUT2D eigenvalue weighted by Crippen LogP contribution is -2.14. The zero-order chi connectivity index (χ0) is 13.2. The Morgan fingerprint density at radius 3 is 2.61 bits per heavy atom. The minimum atomic E-state index is -3.14. The Morgan fingerprint density at radius 1 is 1.39 bits per heavy atom. The lowest BCUT2D eigenvalue weighted by atomic mass is 10.0.